The zero-order valence-electron chi connectivity index (χ0n) is 13.5. The lowest BCUT2D eigenvalue weighted by atomic mass is 9.88. The van der Waals surface area contributed by atoms with Crippen molar-refractivity contribution in [3.8, 4) is 0 Å². The largest absolute Gasteiger partial charge is 0.460 e. The highest BCUT2D eigenvalue weighted by molar-refractivity contribution is 6.67. The minimum absolute atomic E-state index is 1.85. The maximum absolute atomic E-state index is 13.4. The summed E-state index contributed by atoms with van der Waals surface area (Å²) in [4.78, 5) is 0. The topological polar surface area (TPSA) is 0 Å². The molecule has 0 aliphatic heterocycles. The van der Waals surface area contributed by atoms with E-state index in [0.29, 0.717) is 0 Å². The van der Waals surface area contributed by atoms with Gasteiger partial charge in [0.1, 0.15) is 0 Å². The Morgan fingerprint density at radius 1 is 0.355 bits per heavy atom. The van der Waals surface area contributed by atoms with Crippen molar-refractivity contribution in [1.82, 2.24) is 0 Å². The van der Waals surface area contributed by atoms with Crippen LogP contribution in [0.25, 0.3) is 0 Å². The first kappa shape index (κ1) is 30.7. The third-order valence-electron chi connectivity index (χ3n) is 3.51. The van der Waals surface area contributed by atoms with Crippen molar-refractivity contribution in [2.45, 2.75) is 64.3 Å². The van der Waals surface area contributed by atoms with E-state index in [1.807, 2.05) is 0 Å². The van der Waals surface area contributed by atoms with Crippen LogP contribution in [0.3, 0.4) is 0 Å². The van der Waals surface area contributed by atoms with Crippen LogP contribution in [0.4, 0.5) is 74.6 Å². The summed E-state index contributed by atoms with van der Waals surface area (Å²) in [5, 5.41) is 0. The molecule has 0 aromatic rings. The molecular formula is C11H4Cl3F17. The minimum atomic E-state index is -8.66. The van der Waals surface area contributed by atoms with Gasteiger partial charge >= 0.3 is 47.6 Å². The maximum atomic E-state index is 13.4. The molecule has 0 aliphatic rings. The van der Waals surface area contributed by atoms with Crippen molar-refractivity contribution in [3.63, 3.8) is 0 Å². The van der Waals surface area contributed by atoms with Gasteiger partial charge in [0.05, 0.1) is 0 Å². The lowest BCUT2D eigenvalue weighted by Crippen LogP contribution is -2.74. The molecule has 0 N–H and O–H groups in total. The summed E-state index contributed by atoms with van der Waals surface area (Å²) < 4.78 is 217. The predicted molar refractivity (Wildman–Crippen MR) is 70.2 cm³/mol. The fourth-order valence-corrected chi connectivity index (χ4v) is 1.94. The Hall–Kier alpha value is -0.320. The molecule has 0 heterocycles. The Labute approximate surface area is 174 Å². The van der Waals surface area contributed by atoms with Crippen molar-refractivity contribution in [3.05, 3.63) is 0 Å². The van der Waals surface area contributed by atoms with Crippen LogP contribution in [0.2, 0.25) is 0 Å². The van der Waals surface area contributed by atoms with Gasteiger partial charge in [-0.15, -0.1) is 0 Å². The fourth-order valence-electron chi connectivity index (χ4n) is 1.65. The first-order valence-electron chi connectivity index (χ1n) is 6.74. The van der Waals surface area contributed by atoms with Crippen molar-refractivity contribution in [2.75, 3.05) is 0 Å². The average Bonchev–Trinajstić information content (AvgIpc) is 2.50. The minimum Gasteiger partial charge on any atom is -0.200 e. The third-order valence-corrected chi connectivity index (χ3v) is 4.08. The highest BCUT2D eigenvalue weighted by Crippen LogP contribution is 2.64. The summed E-state index contributed by atoms with van der Waals surface area (Å²) >= 11 is 14.5. The van der Waals surface area contributed by atoms with E-state index in [2.05, 4.69) is 0 Å². The first-order valence-corrected chi connectivity index (χ1v) is 7.87. The molecule has 0 saturated heterocycles. The Bertz CT molecular complexity index is 645. The highest BCUT2D eigenvalue weighted by atomic mass is 35.6. The van der Waals surface area contributed by atoms with Gasteiger partial charge in [-0.3, -0.25) is 0 Å². The molecule has 20 heteroatoms. The molecule has 0 radical (unpaired) electrons. The molecule has 0 rings (SSSR count). The van der Waals surface area contributed by atoms with Gasteiger partial charge in [-0.05, 0) is 0 Å². The summed E-state index contributed by atoms with van der Waals surface area (Å²) in [6.07, 6.45) is -12.4. The zero-order valence-corrected chi connectivity index (χ0v) is 15.7. The summed E-state index contributed by atoms with van der Waals surface area (Å²) in [5.41, 5.74) is 0. The second kappa shape index (κ2) is 7.87. The average molecular weight is 565 g/mol. The molecule has 0 bridgehead atoms. The predicted octanol–water partition coefficient (Wildman–Crippen LogP) is 8.15. The van der Waals surface area contributed by atoms with Crippen LogP contribution in [0.5, 0.6) is 0 Å². The Morgan fingerprint density at radius 3 is 0.871 bits per heavy atom. The van der Waals surface area contributed by atoms with E-state index in [1.54, 1.807) is 0 Å². The molecule has 0 nitrogen and oxygen atoms in total. The monoisotopic (exact) mass is 564 g/mol. The molecule has 0 aromatic carbocycles. The van der Waals surface area contributed by atoms with Crippen LogP contribution in [0, 0.1) is 0 Å². The standard InChI is InChI=1S/C11H4Cl3F17/c12-4(13,14)2-1-3(15,16)5(17,18)6(19,20)7(21,22)8(23,24)9(25,26)10(27,28)11(29,30)31/h1-2H2. The molecule has 31 heavy (non-hydrogen) atoms. The molecule has 0 aliphatic carbocycles. The lowest BCUT2D eigenvalue weighted by Gasteiger charge is -2.42. The number of alkyl halides is 20. The number of rotatable bonds is 8. The quantitative estimate of drug-likeness (QED) is 0.206. The van der Waals surface area contributed by atoms with E-state index in [0.717, 1.165) is 0 Å². The molecule has 0 atom stereocenters. The zero-order chi connectivity index (χ0) is 25.9. The number of halogens is 20. The highest BCUT2D eigenvalue weighted by Gasteiger charge is 2.95. The molecule has 0 saturated carbocycles. The summed E-state index contributed by atoms with van der Waals surface area (Å²) in [6.45, 7) is 0. The SMILES string of the molecule is FC(F)(F)C(F)(F)C(F)(F)C(F)(F)C(F)(F)C(F)(F)C(F)(F)C(F)(F)CCC(Cl)(Cl)Cl. The second-order valence-electron chi connectivity index (χ2n) is 5.76. The number of hydrogen-bond acceptors (Lipinski definition) is 0. The maximum Gasteiger partial charge on any atom is 0.460 e. The van der Waals surface area contributed by atoms with Gasteiger partial charge in [0.15, 0.2) is 3.79 Å². The van der Waals surface area contributed by atoms with E-state index in [4.69, 9.17) is 34.8 Å². The molecular weight excluding hydrogens is 561 g/mol. The number of hydrogen-bond donors (Lipinski definition) is 0. The lowest BCUT2D eigenvalue weighted by molar-refractivity contribution is -0.461. The van der Waals surface area contributed by atoms with Gasteiger partial charge in [-0.25, -0.2) is 0 Å². The van der Waals surface area contributed by atoms with Crippen LogP contribution in [-0.4, -0.2) is 51.4 Å². The molecule has 188 valence electrons. The van der Waals surface area contributed by atoms with Crippen LogP contribution in [-0.2, 0) is 0 Å². The Morgan fingerprint density at radius 2 is 0.613 bits per heavy atom. The third kappa shape index (κ3) is 4.68. The van der Waals surface area contributed by atoms with Crippen LogP contribution < -0.4 is 0 Å². The summed E-state index contributed by atoms with van der Waals surface area (Å²) in [5.74, 6) is -56.6. The van der Waals surface area contributed by atoms with Crippen LogP contribution >= 0.6 is 34.8 Å². The summed E-state index contributed by atoms with van der Waals surface area (Å²) in [7, 11) is 0. The van der Waals surface area contributed by atoms with Gasteiger partial charge in [0, 0.05) is 12.8 Å². The van der Waals surface area contributed by atoms with E-state index >= 15 is 0 Å². The molecule has 0 unspecified atom stereocenters. The van der Waals surface area contributed by atoms with Gasteiger partial charge in [-0.2, -0.15) is 74.6 Å². The fraction of sp³-hybridized carbons (Fsp3) is 1.00. The second-order valence-corrected chi connectivity index (χ2v) is 8.28. The van der Waals surface area contributed by atoms with Crippen molar-refractivity contribution >= 4 is 34.8 Å². The van der Waals surface area contributed by atoms with E-state index in [9.17, 15) is 74.6 Å². The van der Waals surface area contributed by atoms with Gasteiger partial charge in [-0.1, -0.05) is 34.8 Å². The smallest absolute Gasteiger partial charge is 0.200 e. The van der Waals surface area contributed by atoms with Crippen LogP contribution in [0.1, 0.15) is 12.8 Å². The van der Waals surface area contributed by atoms with E-state index in [1.165, 1.54) is 0 Å². The van der Waals surface area contributed by atoms with E-state index < -0.39 is 64.3 Å². The van der Waals surface area contributed by atoms with E-state index in [-0.39, 0.29) is 0 Å². The molecule has 0 aromatic heterocycles. The van der Waals surface area contributed by atoms with Crippen LogP contribution in [0.15, 0.2) is 0 Å². The van der Waals surface area contributed by atoms with Gasteiger partial charge < -0.3 is 0 Å². The van der Waals surface area contributed by atoms with Crippen molar-refractivity contribution in [1.29, 1.82) is 0 Å². The Kier molecular flexibility index (Phi) is 7.79. The van der Waals surface area contributed by atoms with Crippen molar-refractivity contribution < 1.29 is 74.6 Å². The first-order chi connectivity index (χ1) is 13.0. The summed E-state index contributed by atoms with van der Waals surface area (Å²) in [6, 6.07) is 0. The van der Waals surface area contributed by atoms with Gasteiger partial charge in [0.2, 0.25) is 0 Å². The molecule has 0 fully saturated rings. The molecule has 0 amide bonds. The Balaban J connectivity index is 6.56. The van der Waals surface area contributed by atoms with Crippen molar-refractivity contribution in [2.24, 2.45) is 0 Å². The normalized spacial score (nSPS) is 16.6. The van der Waals surface area contributed by atoms with Gasteiger partial charge in [0.25, 0.3) is 0 Å². The molecule has 0 spiro atoms.